The number of piperazine rings is 2. The van der Waals surface area contributed by atoms with E-state index in [1.54, 1.807) is 27.8 Å². The van der Waals surface area contributed by atoms with E-state index in [-0.39, 0.29) is 11.5 Å². The van der Waals surface area contributed by atoms with Crippen molar-refractivity contribution < 1.29 is 4.79 Å². The summed E-state index contributed by atoms with van der Waals surface area (Å²) in [4.78, 5) is 42.8. The summed E-state index contributed by atoms with van der Waals surface area (Å²) in [6, 6.07) is 12.3. The van der Waals surface area contributed by atoms with Crippen LogP contribution in [0.4, 0.5) is 17.3 Å². The zero-order valence-corrected chi connectivity index (χ0v) is 22.9. The smallest absolute Gasteiger partial charge is 0.252 e. The van der Waals surface area contributed by atoms with E-state index >= 15 is 0 Å². The molecule has 0 bridgehead atoms. The number of carbonyl (C=O) groups excluding carboxylic acids is 1. The Balaban J connectivity index is 1.24. The van der Waals surface area contributed by atoms with Gasteiger partial charge in [-0.3, -0.25) is 24.0 Å². The van der Waals surface area contributed by atoms with E-state index in [0.717, 1.165) is 50.3 Å². The average molecular weight is 531 g/mol. The van der Waals surface area contributed by atoms with Crippen molar-refractivity contribution in [2.45, 2.75) is 26.4 Å². The molecule has 1 N–H and O–H groups in total. The average Bonchev–Trinajstić information content (AvgIpc) is 2.97. The molecule has 3 aromatic rings. The molecule has 206 valence electrons. The molecule has 39 heavy (non-hydrogen) atoms. The molecule has 10 nitrogen and oxygen atoms in total. The topological polar surface area (TPSA) is 89.8 Å². The van der Waals surface area contributed by atoms with Gasteiger partial charge in [0, 0.05) is 101 Å². The molecule has 0 atom stereocenters. The van der Waals surface area contributed by atoms with Gasteiger partial charge in [-0.05, 0) is 50.3 Å². The molecule has 0 unspecified atom stereocenters. The van der Waals surface area contributed by atoms with Crippen LogP contribution < -0.4 is 15.8 Å². The molecule has 2 fully saturated rings. The lowest BCUT2D eigenvalue weighted by Crippen LogP contribution is -2.49. The standard InChI is InChI=1S/C29H38N8O2/c1-4-26(38)36-14-11-33(12-15-36)13-20-37-27(39)10-5-23-21-30-29(32-28(23)37)31-24-6-8-25(9-7-24)35-18-16-34(17-19-35)22(2)3/h4-10,21-22H,1,11-20H2,2-3H3,(H,30,31,32). The second kappa shape index (κ2) is 12.0. The number of benzene rings is 1. The van der Waals surface area contributed by atoms with Crippen LogP contribution in [0.25, 0.3) is 11.0 Å². The van der Waals surface area contributed by atoms with Gasteiger partial charge in [-0.2, -0.15) is 4.98 Å². The lowest BCUT2D eigenvalue weighted by atomic mass is 10.2. The summed E-state index contributed by atoms with van der Waals surface area (Å²) in [6.07, 6.45) is 3.11. The third-order valence-electron chi connectivity index (χ3n) is 7.75. The fourth-order valence-electron chi connectivity index (χ4n) is 5.29. The summed E-state index contributed by atoms with van der Waals surface area (Å²) in [7, 11) is 0. The van der Waals surface area contributed by atoms with Crippen LogP contribution in [0.3, 0.4) is 0 Å². The summed E-state index contributed by atoms with van der Waals surface area (Å²) in [5, 5.41) is 4.12. The van der Waals surface area contributed by atoms with Crippen molar-refractivity contribution in [2.24, 2.45) is 0 Å². The van der Waals surface area contributed by atoms with Gasteiger partial charge in [-0.1, -0.05) is 6.58 Å². The van der Waals surface area contributed by atoms with Crippen molar-refractivity contribution in [3.8, 4) is 0 Å². The Kier molecular flexibility index (Phi) is 8.23. The SMILES string of the molecule is C=CC(=O)N1CCN(CCn2c(=O)ccc3cnc(Nc4ccc(N5CCN(C(C)C)CC5)cc4)nc32)CC1. The molecule has 2 saturated heterocycles. The van der Waals surface area contributed by atoms with Crippen molar-refractivity contribution in [3.63, 3.8) is 0 Å². The number of pyridine rings is 1. The van der Waals surface area contributed by atoms with E-state index in [1.165, 1.54) is 11.8 Å². The fourth-order valence-corrected chi connectivity index (χ4v) is 5.29. The molecule has 1 aromatic carbocycles. The Bertz CT molecular complexity index is 1350. The third-order valence-corrected chi connectivity index (χ3v) is 7.75. The Morgan fingerprint density at radius 2 is 1.69 bits per heavy atom. The number of hydrogen-bond acceptors (Lipinski definition) is 8. The normalized spacial score (nSPS) is 17.1. The van der Waals surface area contributed by atoms with E-state index < -0.39 is 0 Å². The Labute approximate surface area is 229 Å². The Morgan fingerprint density at radius 1 is 0.974 bits per heavy atom. The highest BCUT2D eigenvalue weighted by atomic mass is 16.2. The van der Waals surface area contributed by atoms with Crippen LogP contribution in [0.1, 0.15) is 13.8 Å². The first-order valence-corrected chi connectivity index (χ1v) is 13.8. The number of nitrogens with one attached hydrogen (secondary N) is 1. The van der Waals surface area contributed by atoms with Crippen LogP contribution in [-0.4, -0.2) is 100 Å². The zero-order valence-electron chi connectivity index (χ0n) is 22.9. The lowest BCUT2D eigenvalue weighted by molar-refractivity contribution is -0.127. The number of hydrogen-bond donors (Lipinski definition) is 1. The van der Waals surface area contributed by atoms with E-state index in [1.807, 2.05) is 12.1 Å². The number of carbonyl (C=O) groups is 1. The lowest BCUT2D eigenvalue weighted by Gasteiger charge is -2.38. The largest absolute Gasteiger partial charge is 0.369 e. The van der Waals surface area contributed by atoms with Gasteiger partial charge in [-0.25, -0.2) is 4.98 Å². The van der Waals surface area contributed by atoms with Gasteiger partial charge in [0.05, 0.1) is 0 Å². The summed E-state index contributed by atoms with van der Waals surface area (Å²) >= 11 is 0. The highest BCUT2D eigenvalue weighted by Crippen LogP contribution is 2.22. The molecular weight excluding hydrogens is 492 g/mol. The predicted molar refractivity (Wildman–Crippen MR) is 156 cm³/mol. The highest BCUT2D eigenvalue weighted by molar-refractivity contribution is 5.87. The number of anilines is 3. The van der Waals surface area contributed by atoms with Crippen molar-refractivity contribution in [2.75, 3.05) is 69.1 Å². The van der Waals surface area contributed by atoms with E-state index in [9.17, 15) is 9.59 Å². The van der Waals surface area contributed by atoms with Gasteiger partial charge in [-0.15, -0.1) is 0 Å². The quantitative estimate of drug-likeness (QED) is 0.444. The molecule has 2 aromatic heterocycles. The zero-order chi connectivity index (χ0) is 27.4. The molecule has 2 aliphatic rings. The summed E-state index contributed by atoms with van der Waals surface area (Å²) in [5.41, 5.74) is 2.64. The monoisotopic (exact) mass is 530 g/mol. The van der Waals surface area contributed by atoms with Crippen LogP contribution >= 0.6 is 0 Å². The minimum absolute atomic E-state index is 0.0317. The maximum absolute atomic E-state index is 12.8. The van der Waals surface area contributed by atoms with Crippen molar-refractivity contribution >= 4 is 34.3 Å². The summed E-state index contributed by atoms with van der Waals surface area (Å²) in [5.74, 6) is 0.424. The second-order valence-electron chi connectivity index (χ2n) is 10.5. The molecule has 5 rings (SSSR count). The first-order valence-electron chi connectivity index (χ1n) is 13.8. The minimum atomic E-state index is -0.0884. The fraction of sp³-hybridized carbons (Fsp3) is 0.448. The van der Waals surface area contributed by atoms with E-state index in [4.69, 9.17) is 4.98 Å². The Morgan fingerprint density at radius 3 is 2.36 bits per heavy atom. The van der Waals surface area contributed by atoms with Crippen LogP contribution in [0.2, 0.25) is 0 Å². The molecule has 10 heteroatoms. The Hall–Kier alpha value is -3.76. The second-order valence-corrected chi connectivity index (χ2v) is 10.5. The van der Waals surface area contributed by atoms with Gasteiger partial charge in [0.25, 0.3) is 5.56 Å². The van der Waals surface area contributed by atoms with Crippen molar-refractivity contribution in [3.05, 3.63) is 65.6 Å². The van der Waals surface area contributed by atoms with Gasteiger partial charge in [0.15, 0.2) is 0 Å². The highest BCUT2D eigenvalue weighted by Gasteiger charge is 2.20. The van der Waals surface area contributed by atoms with Crippen LogP contribution in [-0.2, 0) is 11.3 Å². The predicted octanol–water partition coefficient (Wildman–Crippen LogP) is 2.40. The first kappa shape index (κ1) is 26.8. The van der Waals surface area contributed by atoms with Crippen LogP contribution in [0.15, 0.2) is 60.0 Å². The summed E-state index contributed by atoms with van der Waals surface area (Å²) in [6.45, 7) is 16.4. The van der Waals surface area contributed by atoms with Gasteiger partial charge >= 0.3 is 0 Å². The maximum Gasteiger partial charge on any atom is 0.252 e. The molecule has 0 spiro atoms. The number of rotatable bonds is 8. The molecule has 0 saturated carbocycles. The molecular formula is C29H38N8O2. The summed E-state index contributed by atoms with van der Waals surface area (Å²) < 4.78 is 1.71. The molecule has 0 aliphatic carbocycles. The van der Waals surface area contributed by atoms with Gasteiger partial charge < -0.3 is 15.1 Å². The molecule has 4 heterocycles. The molecule has 2 aliphatic heterocycles. The molecule has 0 radical (unpaired) electrons. The first-order chi connectivity index (χ1) is 18.9. The van der Waals surface area contributed by atoms with Crippen LogP contribution in [0.5, 0.6) is 0 Å². The third kappa shape index (κ3) is 6.29. The number of fused-ring (bicyclic) bond motifs is 1. The number of amides is 1. The molecule has 1 amide bonds. The van der Waals surface area contributed by atoms with Gasteiger partial charge in [0.2, 0.25) is 11.9 Å². The van der Waals surface area contributed by atoms with Gasteiger partial charge in [0.1, 0.15) is 5.65 Å². The maximum atomic E-state index is 12.8. The van der Waals surface area contributed by atoms with Crippen molar-refractivity contribution in [1.82, 2.24) is 29.2 Å². The van der Waals surface area contributed by atoms with Crippen molar-refractivity contribution in [1.29, 1.82) is 0 Å². The number of aromatic nitrogens is 3. The van der Waals surface area contributed by atoms with E-state index in [0.29, 0.717) is 43.8 Å². The van der Waals surface area contributed by atoms with E-state index in [2.05, 4.69) is 57.6 Å². The number of nitrogens with zero attached hydrogens (tertiary/aromatic N) is 7. The minimum Gasteiger partial charge on any atom is -0.369 e. The van der Waals surface area contributed by atoms with Crippen LogP contribution in [0, 0.1) is 0 Å².